The number of allylic oxidation sites excluding steroid dienone is 3. The number of hydrogen-bond donors (Lipinski definition) is 0. The van der Waals surface area contributed by atoms with Gasteiger partial charge >= 0.3 is 0 Å². The van der Waals surface area contributed by atoms with Crippen molar-refractivity contribution < 1.29 is 0 Å². The first-order valence-corrected chi connectivity index (χ1v) is 5.91. The first-order chi connectivity index (χ1) is 6.91. The van der Waals surface area contributed by atoms with Crippen molar-refractivity contribution >= 4 is 0 Å². The maximum Gasteiger partial charge on any atom is -0.0348 e. The summed E-state index contributed by atoms with van der Waals surface area (Å²) in [6.07, 6.45) is 17.4. The Hall–Kier alpha value is -0.520. The molecule has 0 fully saturated rings. The molecular formula is C14H24. The van der Waals surface area contributed by atoms with Gasteiger partial charge in [0.1, 0.15) is 0 Å². The highest BCUT2D eigenvalue weighted by atomic mass is 14.0. The Morgan fingerprint density at radius 3 is 2.00 bits per heavy atom. The fourth-order valence-corrected chi connectivity index (χ4v) is 1.50. The van der Waals surface area contributed by atoms with E-state index >= 15 is 0 Å². The minimum atomic E-state index is 1.10. The fourth-order valence-electron chi connectivity index (χ4n) is 1.50. The summed E-state index contributed by atoms with van der Waals surface area (Å²) in [6.45, 7) is 9.06. The van der Waals surface area contributed by atoms with Crippen molar-refractivity contribution in [1.82, 2.24) is 0 Å². The molecule has 0 aliphatic carbocycles. The average molecular weight is 192 g/mol. The summed E-state index contributed by atoms with van der Waals surface area (Å²) in [6, 6.07) is 0. The topological polar surface area (TPSA) is 0 Å². The lowest BCUT2D eigenvalue weighted by Gasteiger charge is -1.99. The second kappa shape index (κ2) is 12.5. The van der Waals surface area contributed by atoms with E-state index < -0.39 is 0 Å². The van der Waals surface area contributed by atoms with Crippen molar-refractivity contribution in [3.05, 3.63) is 31.7 Å². The third kappa shape index (κ3) is 11.5. The van der Waals surface area contributed by atoms with Crippen LogP contribution >= 0.6 is 0 Å². The van der Waals surface area contributed by atoms with Crippen LogP contribution in [-0.2, 0) is 0 Å². The molecule has 0 saturated carbocycles. The van der Waals surface area contributed by atoms with Crippen LogP contribution in [0.25, 0.3) is 0 Å². The van der Waals surface area contributed by atoms with E-state index in [1.54, 1.807) is 6.08 Å². The normalized spacial score (nSPS) is 10.9. The molecule has 0 aromatic rings. The zero-order chi connectivity index (χ0) is 10.5. The highest BCUT2D eigenvalue weighted by Gasteiger charge is 1.89. The van der Waals surface area contributed by atoms with Gasteiger partial charge < -0.3 is 0 Å². The summed E-state index contributed by atoms with van der Waals surface area (Å²) in [5.41, 5.74) is 0. The van der Waals surface area contributed by atoms with E-state index in [-0.39, 0.29) is 0 Å². The molecule has 0 amide bonds. The second-order valence-corrected chi connectivity index (χ2v) is 3.74. The van der Waals surface area contributed by atoms with Gasteiger partial charge in [-0.05, 0) is 12.8 Å². The lowest BCUT2D eigenvalue weighted by atomic mass is 10.1. The molecule has 0 aliphatic heterocycles. The Morgan fingerprint density at radius 2 is 1.43 bits per heavy atom. The van der Waals surface area contributed by atoms with Crippen LogP contribution in [0.4, 0.5) is 0 Å². The molecule has 0 rings (SSSR count). The molecule has 0 saturated heterocycles. The fraction of sp³-hybridized carbons (Fsp3) is 0.643. The molecule has 0 N–H and O–H groups in total. The predicted octanol–water partition coefficient (Wildman–Crippen LogP) is 4.88. The largest absolute Gasteiger partial charge is 0.0845 e. The first-order valence-electron chi connectivity index (χ1n) is 5.91. The lowest BCUT2D eigenvalue weighted by molar-refractivity contribution is 0.583. The molecule has 2 radical (unpaired) electrons. The van der Waals surface area contributed by atoms with Crippen LogP contribution in [0.3, 0.4) is 0 Å². The van der Waals surface area contributed by atoms with Gasteiger partial charge in [-0.1, -0.05) is 76.7 Å². The second-order valence-electron chi connectivity index (χ2n) is 3.74. The van der Waals surface area contributed by atoms with Crippen LogP contribution in [0.2, 0.25) is 0 Å². The zero-order valence-corrected chi connectivity index (χ0v) is 9.38. The Labute approximate surface area is 90.1 Å². The highest BCUT2D eigenvalue weighted by Crippen LogP contribution is 2.09. The molecule has 80 valence electrons. The Bertz CT molecular complexity index is 133. The number of unbranched alkanes of at least 4 members (excludes halogenated alkanes) is 8. The summed E-state index contributed by atoms with van der Waals surface area (Å²) in [5, 5.41) is 0. The van der Waals surface area contributed by atoms with Crippen LogP contribution in [0, 0.1) is 13.5 Å². The summed E-state index contributed by atoms with van der Waals surface area (Å²) in [4.78, 5) is 0. The molecule has 0 atom stereocenters. The van der Waals surface area contributed by atoms with Crippen molar-refractivity contribution in [2.45, 2.75) is 57.8 Å². The molecule has 0 heteroatoms. The summed E-state index contributed by atoms with van der Waals surface area (Å²) in [7, 11) is 0. The summed E-state index contributed by atoms with van der Waals surface area (Å²) >= 11 is 0. The molecule has 0 bridgehead atoms. The number of rotatable bonds is 10. The third-order valence-electron chi connectivity index (χ3n) is 2.37. The van der Waals surface area contributed by atoms with Crippen molar-refractivity contribution in [3.63, 3.8) is 0 Å². The van der Waals surface area contributed by atoms with E-state index in [0.717, 1.165) is 6.42 Å². The standard InChI is InChI=1S/C14H24/c1-3-5-7-9-11-13-14-12-10-8-6-4-2/h1,3,5,7H,2,4,6,8-14H2. The van der Waals surface area contributed by atoms with Crippen molar-refractivity contribution in [2.75, 3.05) is 0 Å². The van der Waals surface area contributed by atoms with E-state index in [0.29, 0.717) is 0 Å². The van der Waals surface area contributed by atoms with Gasteiger partial charge in [0.15, 0.2) is 0 Å². The summed E-state index contributed by atoms with van der Waals surface area (Å²) < 4.78 is 0. The van der Waals surface area contributed by atoms with Gasteiger partial charge in [-0.3, -0.25) is 0 Å². The van der Waals surface area contributed by atoms with E-state index in [9.17, 15) is 0 Å². The minimum Gasteiger partial charge on any atom is -0.0845 e. The minimum absolute atomic E-state index is 1.10. The SMILES string of the molecule is [CH]=CC=CCCCCCCCCC[CH2]. The van der Waals surface area contributed by atoms with Gasteiger partial charge in [-0.2, -0.15) is 0 Å². The quantitative estimate of drug-likeness (QED) is 0.342. The molecule has 0 aromatic carbocycles. The first kappa shape index (κ1) is 13.5. The molecule has 0 nitrogen and oxygen atoms in total. The zero-order valence-electron chi connectivity index (χ0n) is 9.38. The molecular weight excluding hydrogens is 168 g/mol. The van der Waals surface area contributed by atoms with Crippen molar-refractivity contribution in [2.24, 2.45) is 0 Å². The van der Waals surface area contributed by atoms with Gasteiger partial charge in [-0.25, -0.2) is 0 Å². The third-order valence-corrected chi connectivity index (χ3v) is 2.37. The van der Waals surface area contributed by atoms with Crippen LogP contribution in [0.1, 0.15) is 57.8 Å². The van der Waals surface area contributed by atoms with E-state index in [1.165, 1.54) is 51.4 Å². The van der Waals surface area contributed by atoms with Crippen molar-refractivity contribution in [1.29, 1.82) is 0 Å². The van der Waals surface area contributed by atoms with Gasteiger partial charge in [0.05, 0.1) is 0 Å². The highest BCUT2D eigenvalue weighted by molar-refractivity contribution is 4.95. The molecule has 0 unspecified atom stereocenters. The van der Waals surface area contributed by atoms with Gasteiger partial charge in [-0.15, -0.1) is 0 Å². The Balaban J connectivity index is 2.91. The monoisotopic (exact) mass is 192 g/mol. The van der Waals surface area contributed by atoms with E-state index in [4.69, 9.17) is 6.58 Å². The molecule has 0 aromatic heterocycles. The van der Waals surface area contributed by atoms with Gasteiger partial charge in [0, 0.05) is 0 Å². The van der Waals surface area contributed by atoms with E-state index in [2.05, 4.69) is 13.0 Å². The predicted molar refractivity (Wildman–Crippen MR) is 64.9 cm³/mol. The maximum atomic E-state index is 5.22. The molecule has 14 heavy (non-hydrogen) atoms. The van der Waals surface area contributed by atoms with Crippen LogP contribution in [-0.4, -0.2) is 0 Å². The lowest BCUT2D eigenvalue weighted by Crippen LogP contribution is -1.79. The molecule has 0 heterocycles. The number of hydrogen-bond acceptors (Lipinski definition) is 0. The van der Waals surface area contributed by atoms with Crippen LogP contribution in [0.5, 0.6) is 0 Å². The van der Waals surface area contributed by atoms with Gasteiger partial charge in [0.25, 0.3) is 0 Å². The average Bonchev–Trinajstić information content (AvgIpc) is 2.21. The Kier molecular flexibility index (Phi) is 12.0. The Morgan fingerprint density at radius 1 is 0.857 bits per heavy atom. The van der Waals surface area contributed by atoms with Crippen LogP contribution < -0.4 is 0 Å². The van der Waals surface area contributed by atoms with Crippen molar-refractivity contribution in [3.8, 4) is 0 Å². The molecule has 0 aliphatic rings. The summed E-state index contributed by atoms with van der Waals surface area (Å²) in [5.74, 6) is 0. The smallest absolute Gasteiger partial charge is 0.0348 e. The maximum absolute atomic E-state index is 5.22. The van der Waals surface area contributed by atoms with E-state index in [1.807, 2.05) is 6.08 Å². The molecule has 0 spiro atoms. The van der Waals surface area contributed by atoms with Gasteiger partial charge in [0.2, 0.25) is 0 Å². The van der Waals surface area contributed by atoms with Crippen LogP contribution in [0.15, 0.2) is 18.2 Å².